The molecule has 1 aromatic heterocycles. The average molecular weight is 283 g/mol. The van der Waals surface area contributed by atoms with E-state index in [1.807, 2.05) is 30.3 Å². The van der Waals surface area contributed by atoms with Crippen LogP contribution in [-0.4, -0.2) is 29.5 Å². The van der Waals surface area contributed by atoms with Gasteiger partial charge in [-0.05, 0) is 12.0 Å². The van der Waals surface area contributed by atoms with E-state index in [2.05, 4.69) is 15.3 Å². The number of amides is 1. The Hall–Kier alpha value is -2.63. The Morgan fingerprint density at radius 2 is 2.05 bits per heavy atom. The van der Waals surface area contributed by atoms with Crippen molar-refractivity contribution in [1.82, 2.24) is 9.97 Å². The Morgan fingerprint density at radius 1 is 1.29 bits per heavy atom. The summed E-state index contributed by atoms with van der Waals surface area (Å²) < 4.78 is 0. The molecule has 2 aromatic rings. The van der Waals surface area contributed by atoms with E-state index < -0.39 is 0 Å². The molecule has 0 bridgehead atoms. The molecule has 0 radical (unpaired) electrons. The van der Waals surface area contributed by atoms with Crippen LogP contribution >= 0.6 is 0 Å². The van der Waals surface area contributed by atoms with Gasteiger partial charge in [0.25, 0.3) is 0 Å². The van der Waals surface area contributed by atoms with Crippen LogP contribution in [-0.2, 0) is 4.79 Å². The molecule has 3 rings (SSSR count). The molecule has 2 heterocycles. The second-order valence-corrected chi connectivity index (χ2v) is 4.96. The first-order chi connectivity index (χ1) is 10.2. The minimum Gasteiger partial charge on any atom is -0.373 e. The molecular weight excluding hydrogens is 266 g/mol. The van der Waals surface area contributed by atoms with Gasteiger partial charge < -0.3 is 11.1 Å². The van der Waals surface area contributed by atoms with Crippen LogP contribution in [0.25, 0.3) is 0 Å². The third kappa shape index (κ3) is 2.52. The molecule has 6 nitrogen and oxygen atoms in total. The van der Waals surface area contributed by atoms with E-state index in [0.29, 0.717) is 18.2 Å². The molecule has 6 heteroatoms. The van der Waals surface area contributed by atoms with E-state index in [0.717, 1.165) is 12.0 Å². The highest BCUT2D eigenvalue weighted by Gasteiger charge is 2.34. The number of anilines is 3. The van der Waals surface area contributed by atoms with Crippen molar-refractivity contribution >= 4 is 23.5 Å². The lowest BCUT2D eigenvalue weighted by Gasteiger charge is -2.17. The summed E-state index contributed by atoms with van der Waals surface area (Å²) >= 11 is 0. The van der Waals surface area contributed by atoms with Crippen LogP contribution in [0.1, 0.15) is 17.9 Å². The number of nitrogens with two attached hydrogens (primary N) is 1. The molecule has 0 spiro atoms. The van der Waals surface area contributed by atoms with Crippen LogP contribution < -0.4 is 16.0 Å². The van der Waals surface area contributed by atoms with E-state index in [4.69, 9.17) is 5.73 Å². The van der Waals surface area contributed by atoms with Gasteiger partial charge >= 0.3 is 0 Å². The molecule has 1 atom stereocenters. The molecule has 0 aliphatic carbocycles. The molecule has 108 valence electrons. The standard InChI is InChI=1S/C15H17N5O/c1-17-12-9-13(19-15(16)18-12)20-8-7-11(14(20)21)10-5-3-2-4-6-10/h2-6,9,11H,7-8H2,1H3,(H3,16,17,18,19). The van der Waals surface area contributed by atoms with Crippen LogP contribution in [0.2, 0.25) is 0 Å². The lowest BCUT2D eigenvalue weighted by molar-refractivity contribution is -0.118. The number of carbonyl (C=O) groups is 1. The normalized spacial score (nSPS) is 18.0. The number of aromatic nitrogens is 2. The fourth-order valence-electron chi connectivity index (χ4n) is 2.62. The monoisotopic (exact) mass is 283 g/mol. The van der Waals surface area contributed by atoms with Crippen molar-refractivity contribution in [2.75, 3.05) is 29.5 Å². The first kappa shape index (κ1) is 13.4. The zero-order chi connectivity index (χ0) is 14.8. The van der Waals surface area contributed by atoms with E-state index in [-0.39, 0.29) is 17.8 Å². The van der Waals surface area contributed by atoms with Crippen LogP contribution in [0.5, 0.6) is 0 Å². The first-order valence-electron chi connectivity index (χ1n) is 6.87. The summed E-state index contributed by atoms with van der Waals surface area (Å²) in [7, 11) is 1.75. The number of hydrogen-bond donors (Lipinski definition) is 2. The maximum absolute atomic E-state index is 12.6. The van der Waals surface area contributed by atoms with Crippen LogP contribution in [0.4, 0.5) is 17.6 Å². The number of benzene rings is 1. The zero-order valence-electron chi connectivity index (χ0n) is 11.8. The number of hydrogen-bond acceptors (Lipinski definition) is 5. The molecule has 3 N–H and O–H groups in total. The van der Waals surface area contributed by atoms with Crippen LogP contribution in [0.15, 0.2) is 36.4 Å². The summed E-state index contributed by atoms with van der Waals surface area (Å²) in [5.74, 6) is 1.26. The quantitative estimate of drug-likeness (QED) is 0.894. The van der Waals surface area contributed by atoms with Crippen molar-refractivity contribution in [3.8, 4) is 0 Å². The van der Waals surface area contributed by atoms with E-state index >= 15 is 0 Å². The van der Waals surface area contributed by atoms with Gasteiger partial charge in [-0.15, -0.1) is 0 Å². The Kier molecular flexibility index (Phi) is 3.43. The average Bonchev–Trinajstić information content (AvgIpc) is 2.89. The topological polar surface area (TPSA) is 84.1 Å². The molecule has 1 amide bonds. The number of rotatable bonds is 3. The highest BCUT2D eigenvalue weighted by Crippen LogP contribution is 2.31. The molecule has 1 aromatic carbocycles. The highest BCUT2D eigenvalue weighted by molar-refractivity contribution is 5.99. The van der Waals surface area contributed by atoms with Gasteiger partial charge in [0.15, 0.2) is 0 Å². The Bertz CT molecular complexity index is 658. The molecular formula is C15H17N5O. The van der Waals surface area contributed by atoms with Gasteiger partial charge in [0.1, 0.15) is 11.6 Å². The van der Waals surface area contributed by atoms with Crippen molar-refractivity contribution in [1.29, 1.82) is 0 Å². The number of carbonyl (C=O) groups excluding carboxylic acids is 1. The van der Waals surface area contributed by atoms with Crippen LogP contribution in [0, 0.1) is 0 Å². The molecule has 1 saturated heterocycles. The van der Waals surface area contributed by atoms with E-state index in [1.165, 1.54) is 0 Å². The Morgan fingerprint density at radius 3 is 2.76 bits per heavy atom. The predicted molar refractivity (Wildman–Crippen MR) is 82.1 cm³/mol. The largest absolute Gasteiger partial charge is 0.373 e. The lowest BCUT2D eigenvalue weighted by atomic mass is 9.98. The summed E-state index contributed by atoms with van der Waals surface area (Å²) in [6.45, 7) is 0.637. The van der Waals surface area contributed by atoms with Crippen LogP contribution in [0.3, 0.4) is 0 Å². The van der Waals surface area contributed by atoms with Gasteiger partial charge in [-0.3, -0.25) is 9.69 Å². The summed E-state index contributed by atoms with van der Waals surface area (Å²) in [6, 6.07) is 11.6. The molecule has 1 fully saturated rings. The van der Waals surface area contributed by atoms with Gasteiger partial charge in [-0.2, -0.15) is 9.97 Å². The minimum atomic E-state index is -0.111. The predicted octanol–water partition coefficient (Wildman–Crippen LogP) is 1.62. The highest BCUT2D eigenvalue weighted by atomic mass is 16.2. The molecule has 0 saturated carbocycles. The summed E-state index contributed by atoms with van der Waals surface area (Å²) in [4.78, 5) is 22.5. The Balaban J connectivity index is 1.89. The van der Waals surface area contributed by atoms with E-state index in [1.54, 1.807) is 18.0 Å². The number of nitrogens with one attached hydrogen (secondary N) is 1. The summed E-state index contributed by atoms with van der Waals surface area (Å²) in [6.07, 6.45) is 0.779. The second kappa shape index (κ2) is 5.40. The van der Waals surface area contributed by atoms with Gasteiger partial charge in [0.05, 0.1) is 5.92 Å². The van der Waals surface area contributed by atoms with Crippen molar-refractivity contribution < 1.29 is 4.79 Å². The van der Waals surface area contributed by atoms with Gasteiger partial charge in [0, 0.05) is 19.7 Å². The molecule has 1 unspecified atom stereocenters. The van der Waals surface area contributed by atoms with Crippen molar-refractivity contribution in [2.45, 2.75) is 12.3 Å². The smallest absolute Gasteiger partial charge is 0.235 e. The van der Waals surface area contributed by atoms with Gasteiger partial charge in [0.2, 0.25) is 11.9 Å². The number of nitrogens with zero attached hydrogens (tertiary/aromatic N) is 3. The molecule has 1 aliphatic rings. The zero-order valence-corrected chi connectivity index (χ0v) is 11.8. The lowest BCUT2D eigenvalue weighted by Crippen LogP contribution is -2.27. The molecule has 1 aliphatic heterocycles. The fourth-order valence-corrected chi connectivity index (χ4v) is 2.62. The van der Waals surface area contributed by atoms with Crippen molar-refractivity contribution in [3.63, 3.8) is 0 Å². The van der Waals surface area contributed by atoms with Gasteiger partial charge in [-0.1, -0.05) is 30.3 Å². The third-order valence-corrected chi connectivity index (χ3v) is 3.67. The van der Waals surface area contributed by atoms with Crippen molar-refractivity contribution in [3.05, 3.63) is 42.0 Å². The van der Waals surface area contributed by atoms with E-state index in [9.17, 15) is 4.79 Å². The maximum atomic E-state index is 12.6. The fraction of sp³-hybridized carbons (Fsp3) is 0.267. The van der Waals surface area contributed by atoms with Gasteiger partial charge in [-0.25, -0.2) is 0 Å². The third-order valence-electron chi connectivity index (χ3n) is 3.67. The summed E-state index contributed by atoms with van der Waals surface area (Å²) in [5, 5.41) is 2.92. The maximum Gasteiger partial charge on any atom is 0.235 e. The summed E-state index contributed by atoms with van der Waals surface area (Å²) in [5.41, 5.74) is 6.74. The Labute approximate surface area is 123 Å². The SMILES string of the molecule is CNc1cc(N2CCC(c3ccccc3)C2=O)nc(N)n1. The second-order valence-electron chi connectivity index (χ2n) is 4.96. The minimum absolute atomic E-state index is 0.0568. The first-order valence-corrected chi connectivity index (χ1v) is 6.87. The molecule has 21 heavy (non-hydrogen) atoms. The van der Waals surface area contributed by atoms with Crippen molar-refractivity contribution in [2.24, 2.45) is 0 Å². The number of nitrogen functional groups attached to an aromatic ring is 1.